The number of rotatable bonds is 4. The molecule has 5 heteroatoms. The van der Waals surface area contributed by atoms with Crippen molar-refractivity contribution in [2.24, 2.45) is 0 Å². The van der Waals surface area contributed by atoms with Crippen LogP contribution in [0.5, 0.6) is 0 Å². The second-order valence-electron chi connectivity index (χ2n) is 4.10. The average molecular weight is 377 g/mol. The highest BCUT2D eigenvalue weighted by molar-refractivity contribution is 14.1. The number of carbonyl (C=O) groups is 1. The number of nitrogens with zero attached hydrogens (tertiary/aromatic N) is 1. The van der Waals surface area contributed by atoms with Crippen LogP contribution < -0.4 is 10.6 Å². The molecule has 0 aliphatic heterocycles. The molecule has 0 bridgehead atoms. The Bertz CT molecular complexity index is 647. The lowest BCUT2D eigenvalue weighted by Gasteiger charge is -2.08. The number of anilines is 2. The molecular formula is C15H12IN3O. The number of benzene rings is 2. The van der Waals surface area contributed by atoms with E-state index in [1.807, 2.05) is 30.3 Å². The van der Waals surface area contributed by atoms with Crippen LogP contribution in [0.15, 0.2) is 48.5 Å². The van der Waals surface area contributed by atoms with Crippen molar-refractivity contribution >= 4 is 39.9 Å². The molecule has 100 valence electrons. The van der Waals surface area contributed by atoms with Crippen molar-refractivity contribution in [1.82, 2.24) is 0 Å². The van der Waals surface area contributed by atoms with Crippen molar-refractivity contribution in [1.29, 1.82) is 5.26 Å². The third kappa shape index (κ3) is 4.24. The molecule has 20 heavy (non-hydrogen) atoms. The zero-order valence-corrected chi connectivity index (χ0v) is 12.7. The fraction of sp³-hybridized carbons (Fsp3) is 0.0667. The molecule has 0 saturated heterocycles. The molecule has 1 amide bonds. The summed E-state index contributed by atoms with van der Waals surface area (Å²) in [5.74, 6) is -0.114. The van der Waals surface area contributed by atoms with Crippen LogP contribution in [0.3, 0.4) is 0 Å². The molecule has 0 aliphatic carbocycles. The SMILES string of the molecule is N#Cc1ccc(NCC(=O)Nc2cccc(I)c2)cc1. The zero-order valence-electron chi connectivity index (χ0n) is 10.6. The van der Waals surface area contributed by atoms with Gasteiger partial charge >= 0.3 is 0 Å². The van der Waals surface area contributed by atoms with E-state index in [1.54, 1.807) is 24.3 Å². The Balaban J connectivity index is 1.87. The number of nitriles is 1. The normalized spacial score (nSPS) is 9.60. The summed E-state index contributed by atoms with van der Waals surface area (Å²) in [6.45, 7) is 0.178. The minimum absolute atomic E-state index is 0.114. The molecule has 0 saturated carbocycles. The highest BCUT2D eigenvalue weighted by Crippen LogP contribution is 2.12. The Hall–Kier alpha value is -2.07. The van der Waals surface area contributed by atoms with Crippen molar-refractivity contribution in [3.63, 3.8) is 0 Å². The molecule has 2 aromatic rings. The van der Waals surface area contributed by atoms with Gasteiger partial charge in [0, 0.05) is 14.9 Å². The fourth-order valence-corrected chi connectivity index (χ4v) is 2.16. The highest BCUT2D eigenvalue weighted by atomic mass is 127. The minimum Gasteiger partial charge on any atom is -0.376 e. The molecule has 2 aromatic carbocycles. The van der Waals surface area contributed by atoms with Gasteiger partial charge in [0.15, 0.2) is 0 Å². The van der Waals surface area contributed by atoms with E-state index >= 15 is 0 Å². The molecule has 0 atom stereocenters. The minimum atomic E-state index is -0.114. The molecule has 0 heterocycles. The van der Waals surface area contributed by atoms with E-state index in [1.165, 1.54) is 0 Å². The molecule has 0 spiro atoms. The number of hydrogen-bond acceptors (Lipinski definition) is 3. The van der Waals surface area contributed by atoms with Crippen LogP contribution in [-0.4, -0.2) is 12.5 Å². The summed E-state index contributed by atoms with van der Waals surface area (Å²) in [4.78, 5) is 11.8. The second kappa shape index (κ2) is 6.91. The first kappa shape index (κ1) is 14.3. The maximum absolute atomic E-state index is 11.8. The number of amides is 1. The van der Waals surface area contributed by atoms with Gasteiger partial charge < -0.3 is 10.6 Å². The van der Waals surface area contributed by atoms with Gasteiger partial charge in [-0.25, -0.2) is 0 Å². The van der Waals surface area contributed by atoms with Gasteiger partial charge in [0.05, 0.1) is 18.2 Å². The number of nitrogens with one attached hydrogen (secondary N) is 2. The number of hydrogen-bond donors (Lipinski definition) is 2. The van der Waals surface area contributed by atoms with Gasteiger partial charge in [-0.2, -0.15) is 5.26 Å². The standard InChI is InChI=1S/C15H12IN3O/c16-12-2-1-3-14(8-12)19-15(20)10-18-13-6-4-11(9-17)5-7-13/h1-8,18H,10H2,(H,19,20). The molecule has 0 fully saturated rings. The van der Waals surface area contributed by atoms with Gasteiger partial charge in [0.25, 0.3) is 0 Å². The summed E-state index contributed by atoms with van der Waals surface area (Å²) < 4.78 is 1.07. The summed E-state index contributed by atoms with van der Waals surface area (Å²) in [5.41, 5.74) is 2.18. The van der Waals surface area contributed by atoms with Gasteiger partial charge in [0.2, 0.25) is 5.91 Å². The molecule has 0 radical (unpaired) electrons. The Morgan fingerprint density at radius 3 is 2.55 bits per heavy atom. The second-order valence-corrected chi connectivity index (χ2v) is 5.35. The van der Waals surface area contributed by atoms with Crippen molar-refractivity contribution < 1.29 is 4.79 Å². The van der Waals surface area contributed by atoms with Crippen molar-refractivity contribution in [3.05, 3.63) is 57.7 Å². The van der Waals surface area contributed by atoms with E-state index in [0.717, 1.165) is 14.9 Å². The first-order valence-electron chi connectivity index (χ1n) is 5.97. The fourth-order valence-electron chi connectivity index (χ4n) is 1.62. The Kier molecular flexibility index (Phi) is 4.96. The van der Waals surface area contributed by atoms with Crippen LogP contribution >= 0.6 is 22.6 Å². The number of halogens is 1. The molecule has 4 nitrogen and oxygen atoms in total. The molecular weight excluding hydrogens is 365 g/mol. The summed E-state index contributed by atoms with van der Waals surface area (Å²) in [5, 5.41) is 14.5. The predicted molar refractivity (Wildman–Crippen MR) is 87.4 cm³/mol. The van der Waals surface area contributed by atoms with Crippen molar-refractivity contribution in [2.75, 3.05) is 17.2 Å². The van der Waals surface area contributed by atoms with E-state index in [9.17, 15) is 4.79 Å². The van der Waals surface area contributed by atoms with Gasteiger partial charge in [-0.3, -0.25) is 4.79 Å². The van der Waals surface area contributed by atoms with E-state index < -0.39 is 0 Å². The zero-order chi connectivity index (χ0) is 14.4. The van der Waals surface area contributed by atoms with Crippen LogP contribution in [-0.2, 0) is 4.79 Å². The monoisotopic (exact) mass is 377 g/mol. The molecule has 2 rings (SSSR count). The molecule has 0 aliphatic rings. The highest BCUT2D eigenvalue weighted by Gasteiger charge is 2.02. The first-order valence-corrected chi connectivity index (χ1v) is 7.05. The first-order chi connectivity index (χ1) is 9.67. The third-order valence-corrected chi connectivity index (χ3v) is 3.25. The van der Waals surface area contributed by atoms with E-state index in [0.29, 0.717) is 5.56 Å². The van der Waals surface area contributed by atoms with Crippen molar-refractivity contribution in [3.8, 4) is 6.07 Å². The molecule has 2 N–H and O–H groups in total. The summed E-state index contributed by atoms with van der Waals surface area (Å²) in [7, 11) is 0. The van der Waals surface area contributed by atoms with Gasteiger partial charge in [0.1, 0.15) is 0 Å². The topological polar surface area (TPSA) is 64.9 Å². The summed E-state index contributed by atoms with van der Waals surface area (Å²) in [6.07, 6.45) is 0. The molecule has 0 unspecified atom stereocenters. The molecule has 0 aromatic heterocycles. The van der Waals surface area contributed by atoms with Crippen LogP contribution in [0.4, 0.5) is 11.4 Å². The maximum atomic E-state index is 11.8. The van der Waals surface area contributed by atoms with Crippen molar-refractivity contribution in [2.45, 2.75) is 0 Å². The summed E-state index contributed by atoms with van der Waals surface area (Å²) >= 11 is 2.20. The summed E-state index contributed by atoms with van der Waals surface area (Å²) in [6, 6.07) is 16.6. The Morgan fingerprint density at radius 2 is 1.90 bits per heavy atom. The maximum Gasteiger partial charge on any atom is 0.243 e. The van der Waals surface area contributed by atoms with Gasteiger partial charge in [-0.05, 0) is 65.1 Å². The quantitative estimate of drug-likeness (QED) is 0.805. The lowest BCUT2D eigenvalue weighted by atomic mass is 10.2. The van der Waals surface area contributed by atoms with Crippen LogP contribution in [0, 0.1) is 14.9 Å². The van der Waals surface area contributed by atoms with Gasteiger partial charge in [-0.15, -0.1) is 0 Å². The van der Waals surface area contributed by atoms with E-state index in [2.05, 4.69) is 33.2 Å². The Morgan fingerprint density at radius 1 is 1.15 bits per heavy atom. The van der Waals surface area contributed by atoms with Crippen LogP contribution in [0.2, 0.25) is 0 Å². The predicted octanol–water partition coefficient (Wildman–Crippen LogP) is 3.21. The van der Waals surface area contributed by atoms with E-state index in [4.69, 9.17) is 5.26 Å². The van der Waals surface area contributed by atoms with Crippen LogP contribution in [0.25, 0.3) is 0 Å². The average Bonchev–Trinajstić information content (AvgIpc) is 2.46. The number of carbonyl (C=O) groups excluding carboxylic acids is 1. The van der Waals surface area contributed by atoms with Crippen LogP contribution in [0.1, 0.15) is 5.56 Å². The van der Waals surface area contributed by atoms with Gasteiger partial charge in [-0.1, -0.05) is 6.07 Å². The smallest absolute Gasteiger partial charge is 0.243 e. The lowest BCUT2D eigenvalue weighted by molar-refractivity contribution is -0.114. The largest absolute Gasteiger partial charge is 0.376 e. The third-order valence-electron chi connectivity index (χ3n) is 2.58. The van der Waals surface area contributed by atoms with E-state index in [-0.39, 0.29) is 12.5 Å². The Labute approximate surface area is 130 Å². The lowest BCUT2D eigenvalue weighted by Crippen LogP contribution is -2.21.